The fourth-order valence-electron chi connectivity index (χ4n) is 5.42. The molecule has 4 heterocycles. The number of pyridine rings is 1. The molecule has 3 aliphatic heterocycles. The zero-order valence-corrected chi connectivity index (χ0v) is 18.9. The number of ether oxygens (including phenoxy) is 3. The summed E-state index contributed by atoms with van der Waals surface area (Å²) in [7, 11) is 1.94. The van der Waals surface area contributed by atoms with E-state index in [-0.39, 0.29) is 23.3 Å². The minimum Gasteiger partial charge on any atom is -0.484 e. The number of likely N-dealkylation sites (N-methyl/N-ethyl adjacent to an activating group) is 1. The molecule has 2 bridgehead atoms. The Morgan fingerprint density at radius 1 is 1.44 bits per heavy atom. The summed E-state index contributed by atoms with van der Waals surface area (Å²) in [6.07, 6.45) is 6.12. The van der Waals surface area contributed by atoms with Gasteiger partial charge in [-0.05, 0) is 56.6 Å². The highest BCUT2D eigenvalue weighted by Crippen LogP contribution is 2.57. The van der Waals surface area contributed by atoms with Gasteiger partial charge in [-0.15, -0.1) is 0 Å². The standard InChI is InChI=1S/C24H31N5O3/c1-15(21(29-25)10-28-24-13-23(2,14-24)32-22(24)11-26-3)31-17-4-5-20-19(8-17)18-6-7-30-12-16(18)9-27-20/h4-5,8-10,15,22,26H,6-7,11-14,25H2,1-3H3/b28-10?,29-21+. The third-order valence-corrected chi connectivity index (χ3v) is 6.90. The van der Waals surface area contributed by atoms with Gasteiger partial charge in [-0.2, -0.15) is 5.10 Å². The largest absolute Gasteiger partial charge is 0.484 e. The molecule has 2 aromatic rings. The predicted octanol–water partition coefficient (Wildman–Crippen LogP) is 2.37. The Labute approximate surface area is 188 Å². The molecule has 2 atom stereocenters. The third kappa shape index (κ3) is 3.66. The Bertz CT molecular complexity index is 1080. The maximum Gasteiger partial charge on any atom is 0.141 e. The summed E-state index contributed by atoms with van der Waals surface area (Å²) in [6.45, 7) is 6.20. The topological polar surface area (TPSA) is 103 Å². The van der Waals surface area contributed by atoms with Crippen molar-refractivity contribution >= 4 is 22.8 Å². The molecule has 1 saturated carbocycles. The van der Waals surface area contributed by atoms with Crippen LogP contribution in [0.3, 0.4) is 0 Å². The number of aliphatic imine (C=N–C) groups is 1. The molecule has 1 aromatic carbocycles. The van der Waals surface area contributed by atoms with Crippen LogP contribution in [-0.2, 0) is 22.5 Å². The average molecular weight is 438 g/mol. The highest BCUT2D eigenvalue weighted by Gasteiger charge is 2.65. The van der Waals surface area contributed by atoms with Crippen molar-refractivity contribution in [3.63, 3.8) is 0 Å². The van der Waals surface area contributed by atoms with Crippen LogP contribution in [-0.4, -0.2) is 60.5 Å². The molecule has 4 aliphatic rings. The molecule has 2 saturated heterocycles. The van der Waals surface area contributed by atoms with Gasteiger partial charge in [0.05, 0.1) is 36.0 Å². The number of hydrogen-bond acceptors (Lipinski definition) is 8. The maximum atomic E-state index is 6.22. The molecule has 1 aliphatic carbocycles. The lowest BCUT2D eigenvalue weighted by Gasteiger charge is -2.40. The predicted molar refractivity (Wildman–Crippen MR) is 124 cm³/mol. The van der Waals surface area contributed by atoms with Crippen molar-refractivity contribution in [3.05, 3.63) is 35.5 Å². The monoisotopic (exact) mass is 437 g/mol. The van der Waals surface area contributed by atoms with Crippen LogP contribution in [0.2, 0.25) is 0 Å². The van der Waals surface area contributed by atoms with Crippen molar-refractivity contribution in [2.75, 3.05) is 20.2 Å². The smallest absolute Gasteiger partial charge is 0.141 e. The molecule has 3 N–H and O–H groups in total. The molecular weight excluding hydrogens is 406 g/mol. The summed E-state index contributed by atoms with van der Waals surface area (Å²) in [6, 6.07) is 5.98. The van der Waals surface area contributed by atoms with E-state index in [9.17, 15) is 0 Å². The van der Waals surface area contributed by atoms with Gasteiger partial charge in [0, 0.05) is 37.2 Å². The van der Waals surface area contributed by atoms with Crippen molar-refractivity contribution < 1.29 is 14.2 Å². The SMILES string of the molecule is CNCC1OC2(C)CC1(N=C/C(=N\N)C(C)Oc1ccc3ncc4c(c3c1)CCOC4)C2. The molecule has 3 fully saturated rings. The van der Waals surface area contributed by atoms with Crippen LogP contribution >= 0.6 is 0 Å². The van der Waals surface area contributed by atoms with Gasteiger partial charge in [0.1, 0.15) is 17.6 Å². The first-order valence-electron chi connectivity index (χ1n) is 11.3. The van der Waals surface area contributed by atoms with E-state index in [0.717, 1.165) is 54.6 Å². The van der Waals surface area contributed by atoms with E-state index in [1.807, 2.05) is 32.3 Å². The van der Waals surface area contributed by atoms with Gasteiger partial charge >= 0.3 is 0 Å². The summed E-state index contributed by atoms with van der Waals surface area (Å²) in [5.41, 5.74) is 3.73. The normalized spacial score (nSPS) is 30.3. The highest BCUT2D eigenvalue weighted by atomic mass is 16.5. The van der Waals surface area contributed by atoms with Crippen molar-refractivity contribution in [1.29, 1.82) is 0 Å². The zero-order chi connectivity index (χ0) is 22.3. The van der Waals surface area contributed by atoms with E-state index in [2.05, 4.69) is 28.4 Å². The van der Waals surface area contributed by atoms with Gasteiger partial charge in [-0.3, -0.25) is 9.98 Å². The molecule has 32 heavy (non-hydrogen) atoms. The van der Waals surface area contributed by atoms with Crippen LogP contribution in [0.1, 0.15) is 37.8 Å². The van der Waals surface area contributed by atoms with Gasteiger partial charge in [0.25, 0.3) is 0 Å². The summed E-state index contributed by atoms with van der Waals surface area (Å²) >= 11 is 0. The molecule has 6 rings (SSSR count). The van der Waals surface area contributed by atoms with E-state index in [1.54, 1.807) is 6.21 Å². The molecule has 8 nitrogen and oxygen atoms in total. The van der Waals surface area contributed by atoms with Crippen molar-refractivity contribution in [3.8, 4) is 5.75 Å². The van der Waals surface area contributed by atoms with E-state index < -0.39 is 0 Å². The highest BCUT2D eigenvalue weighted by molar-refractivity contribution is 6.32. The number of hydrazone groups is 1. The number of nitrogens with one attached hydrogen (secondary N) is 1. The lowest BCUT2D eigenvalue weighted by atomic mass is 9.67. The quantitative estimate of drug-likeness (QED) is 0.392. The number of benzene rings is 1. The van der Waals surface area contributed by atoms with Crippen LogP contribution in [0.5, 0.6) is 5.75 Å². The Hall–Kier alpha value is -2.55. The molecule has 0 radical (unpaired) electrons. The Morgan fingerprint density at radius 3 is 3.06 bits per heavy atom. The number of rotatable bonds is 7. The molecular formula is C24H31N5O3. The second-order valence-corrected chi connectivity index (χ2v) is 9.39. The van der Waals surface area contributed by atoms with Crippen molar-refractivity contribution in [2.24, 2.45) is 15.9 Å². The zero-order valence-electron chi connectivity index (χ0n) is 18.9. The average Bonchev–Trinajstić information content (AvgIpc) is 3.20. The molecule has 170 valence electrons. The maximum absolute atomic E-state index is 6.22. The van der Waals surface area contributed by atoms with Crippen molar-refractivity contribution in [2.45, 2.75) is 63.1 Å². The Kier molecular flexibility index (Phi) is 5.39. The number of fused-ring (bicyclic) bond motifs is 4. The number of nitrogens with two attached hydrogens (primary N) is 1. The van der Waals surface area contributed by atoms with E-state index in [0.29, 0.717) is 12.3 Å². The van der Waals surface area contributed by atoms with Crippen LogP contribution in [0.15, 0.2) is 34.5 Å². The molecule has 1 aromatic heterocycles. The summed E-state index contributed by atoms with van der Waals surface area (Å²) in [5, 5.41) is 8.29. The molecule has 0 spiro atoms. The number of nitrogens with zero attached hydrogens (tertiary/aromatic N) is 3. The first kappa shape index (κ1) is 21.3. The minimum absolute atomic E-state index is 0.0622. The first-order valence-corrected chi connectivity index (χ1v) is 11.3. The molecule has 0 amide bonds. The van der Waals surface area contributed by atoms with Crippen LogP contribution in [0.25, 0.3) is 10.9 Å². The van der Waals surface area contributed by atoms with Crippen LogP contribution in [0.4, 0.5) is 0 Å². The molecule has 8 heteroatoms. The molecule has 2 unspecified atom stereocenters. The lowest BCUT2D eigenvalue weighted by molar-refractivity contribution is -0.00729. The summed E-state index contributed by atoms with van der Waals surface area (Å²) < 4.78 is 18.0. The van der Waals surface area contributed by atoms with Crippen molar-refractivity contribution in [1.82, 2.24) is 10.3 Å². The van der Waals surface area contributed by atoms with Gasteiger partial charge in [0.2, 0.25) is 0 Å². The van der Waals surface area contributed by atoms with Crippen LogP contribution < -0.4 is 15.9 Å². The van der Waals surface area contributed by atoms with Gasteiger partial charge in [-0.25, -0.2) is 0 Å². The van der Waals surface area contributed by atoms with E-state index in [4.69, 9.17) is 25.0 Å². The van der Waals surface area contributed by atoms with Gasteiger partial charge in [-0.1, -0.05) is 0 Å². The van der Waals surface area contributed by atoms with Gasteiger partial charge < -0.3 is 25.4 Å². The van der Waals surface area contributed by atoms with E-state index in [1.165, 1.54) is 5.56 Å². The van der Waals surface area contributed by atoms with Gasteiger partial charge in [0.15, 0.2) is 0 Å². The lowest BCUT2D eigenvalue weighted by Crippen LogP contribution is -2.50. The Morgan fingerprint density at radius 2 is 2.28 bits per heavy atom. The number of aromatic nitrogens is 1. The summed E-state index contributed by atoms with van der Waals surface area (Å²) in [4.78, 5) is 9.47. The second-order valence-electron chi connectivity index (χ2n) is 9.39. The van der Waals surface area contributed by atoms with Crippen LogP contribution in [0, 0.1) is 0 Å². The number of hydrogen-bond donors (Lipinski definition) is 2. The fraction of sp³-hybridized carbons (Fsp3) is 0.542. The Balaban J connectivity index is 1.33. The minimum atomic E-state index is -0.343. The second kappa shape index (κ2) is 8.10. The fourth-order valence-corrected chi connectivity index (χ4v) is 5.42. The first-order chi connectivity index (χ1) is 15.5. The van der Waals surface area contributed by atoms with E-state index >= 15 is 0 Å². The summed E-state index contributed by atoms with van der Waals surface area (Å²) in [5.74, 6) is 6.48. The third-order valence-electron chi connectivity index (χ3n) is 6.90.